The molecule has 2 rings (SSSR count). The molecule has 108 valence electrons. The zero-order valence-corrected chi connectivity index (χ0v) is 14.2. The highest BCUT2D eigenvalue weighted by Crippen LogP contribution is 2.32. The SMILES string of the molecule is CC1(C)C(/C=C\c2cccc(I)c2)=[N+]([O-])C(C)(C)N1O. The molecule has 1 N–H and O–H groups in total. The summed E-state index contributed by atoms with van der Waals surface area (Å²) < 4.78 is 2.01. The Kier molecular flexibility index (Phi) is 3.96. The van der Waals surface area contributed by atoms with E-state index in [9.17, 15) is 10.4 Å². The summed E-state index contributed by atoms with van der Waals surface area (Å²) >= 11 is 2.25. The van der Waals surface area contributed by atoms with Crippen LogP contribution < -0.4 is 0 Å². The minimum Gasteiger partial charge on any atom is -0.622 e. The van der Waals surface area contributed by atoms with E-state index in [0.717, 1.165) is 18.9 Å². The van der Waals surface area contributed by atoms with E-state index >= 15 is 0 Å². The lowest BCUT2D eigenvalue weighted by molar-refractivity contribution is -0.580. The molecule has 1 aromatic carbocycles. The highest BCUT2D eigenvalue weighted by molar-refractivity contribution is 14.1. The number of hydroxylamine groups is 3. The fourth-order valence-electron chi connectivity index (χ4n) is 2.48. The van der Waals surface area contributed by atoms with Crippen molar-refractivity contribution in [1.29, 1.82) is 0 Å². The average Bonchev–Trinajstić information content (AvgIpc) is 2.47. The van der Waals surface area contributed by atoms with Crippen LogP contribution in [-0.4, -0.2) is 31.9 Å². The predicted molar refractivity (Wildman–Crippen MR) is 88.6 cm³/mol. The van der Waals surface area contributed by atoms with Crippen molar-refractivity contribution in [2.75, 3.05) is 0 Å². The van der Waals surface area contributed by atoms with Crippen LogP contribution in [0.3, 0.4) is 0 Å². The van der Waals surface area contributed by atoms with Crippen molar-refractivity contribution in [3.05, 3.63) is 44.7 Å². The van der Waals surface area contributed by atoms with Crippen LogP contribution in [0.1, 0.15) is 33.3 Å². The Labute approximate surface area is 133 Å². The Morgan fingerprint density at radius 1 is 1.25 bits per heavy atom. The third kappa shape index (κ3) is 2.49. The number of rotatable bonds is 2. The van der Waals surface area contributed by atoms with Crippen molar-refractivity contribution < 1.29 is 9.95 Å². The van der Waals surface area contributed by atoms with Gasteiger partial charge in [0.25, 0.3) is 0 Å². The number of nitrogens with zero attached hydrogens (tertiary/aromatic N) is 2. The van der Waals surface area contributed by atoms with E-state index in [2.05, 4.69) is 22.6 Å². The second kappa shape index (κ2) is 5.13. The van der Waals surface area contributed by atoms with Gasteiger partial charge in [0, 0.05) is 23.5 Å². The van der Waals surface area contributed by atoms with Crippen molar-refractivity contribution in [1.82, 2.24) is 5.06 Å². The topological polar surface area (TPSA) is 49.5 Å². The van der Waals surface area contributed by atoms with Crippen LogP contribution in [0.4, 0.5) is 0 Å². The van der Waals surface area contributed by atoms with Crippen molar-refractivity contribution in [2.45, 2.75) is 38.9 Å². The molecule has 0 radical (unpaired) electrons. The Bertz CT molecular complexity index is 591. The molecule has 1 aliphatic heterocycles. The van der Waals surface area contributed by atoms with Gasteiger partial charge in [-0.15, -0.1) is 5.06 Å². The molecule has 0 aromatic heterocycles. The first-order valence-corrected chi connectivity index (χ1v) is 7.53. The van der Waals surface area contributed by atoms with Crippen LogP contribution in [0.25, 0.3) is 6.08 Å². The van der Waals surface area contributed by atoms with E-state index in [0.29, 0.717) is 5.71 Å². The molecule has 4 nitrogen and oxygen atoms in total. The maximum Gasteiger partial charge on any atom is 0.245 e. The standard InChI is InChI=1S/C15H19IN2O2/c1-14(2)13(17(19)15(3,4)18(14)20)9-8-11-6-5-7-12(16)10-11/h5-10,20H,1-4H3/b9-8-. The Morgan fingerprint density at radius 3 is 2.40 bits per heavy atom. The van der Waals surface area contributed by atoms with Crippen LogP contribution in [0, 0.1) is 8.78 Å². The summed E-state index contributed by atoms with van der Waals surface area (Å²) in [6.07, 6.45) is 3.69. The first-order valence-electron chi connectivity index (χ1n) is 6.45. The molecule has 0 unspecified atom stereocenters. The summed E-state index contributed by atoms with van der Waals surface area (Å²) in [6.45, 7) is 7.07. The molecular weight excluding hydrogens is 367 g/mol. The smallest absolute Gasteiger partial charge is 0.245 e. The number of benzene rings is 1. The second-order valence-electron chi connectivity index (χ2n) is 5.93. The van der Waals surface area contributed by atoms with Crippen LogP contribution in [0.15, 0.2) is 30.3 Å². The quantitative estimate of drug-likeness (QED) is 0.481. The fourth-order valence-corrected chi connectivity index (χ4v) is 3.05. The highest BCUT2D eigenvalue weighted by atomic mass is 127. The van der Waals surface area contributed by atoms with E-state index in [4.69, 9.17) is 0 Å². The summed E-state index contributed by atoms with van der Waals surface area (Å²) in [5.74, 6) is 0. The van der Waals surface area contributed by atoms with E-state index in [1.54, 1.807) is 19.9 Å². The number of halogens is 1. The van der Waals surface area contributed by atoms with Crippen LogP contribution in [-0.2, 0) is 0 Å². The van der Waals surface area contributed by atoms with Gasteiger partial charge in [0.1, 0.15) is 5.54 Å². The Balaban J connectivity index is 2.39. The predicted octanol–water partition coefficient (Wildman–Crippen LogP) is 3.48. The maximum atomic E-state index is 12.4. The monoisotopic (exact) mass is 386 g/mol. The molecule has 0 spiro atoms. The van der Waals surface area contributed by atoms with Gasteiger partial charge in [-0.3, -0.25) is 0 Å². The molecular formula is C15H19IN2O2. The summed E-state index contributed by atoms with van der Waals surface area (Å²) in [4.78, 5) is 0. The third-order valence-corrected chi connectivity index (χ3v) is 4.34. The molecule has 0 aliphatic carbocycles. The van der Waals surface area contributed by atoms with Crippen molar-refractivity contribution >= 4 is 34.4 Å². The van der Waals surface area contributed by atoms with Gasteiger partial charge in [-0.25, -0.2) is 0 Å². The summed E-state index contributed by atoms with van der Waals surface area (Å²) in [6, 6.07) is 8.01. The molecule has 1 aliphatic rings. The van der Waals surface area contributed by atoms with Gasteiger partial charge in [0.15, 0.2) is 0 Å². The van der Waals surface area contributed by atoms with Crippen molar-refractivity contribution in [3.8, 4) is 0 Å². The third-order valence-electron chi connectivity index (χ3n) is 3.67. The lowest BCUT2D eigenvalue weighted by atomic mass is 9.97. The van der Waals surface area contributed by atoms with Crippen LogP contribution >= 0.6 is 22.6 Å². The minimum absolute atomic E-state index is 0.545. The zero-order chi connectivity index (χ0) is 15.1. The molecule has 0 amide bonds. The van der Waals surface area contributed by atoms with E-state index in [-0.39, 0.29) is 0 Å². The molecule has 0 fully saturated rings. The second-order valence-corrected chi connectivity index (χ2v) is 7.18. The molecule has 5 heteroatoms. The molecule has 1 heterocycles. The summed E-state index contributed by atoms with van der Waals surface area (Å²) in [5, 5.41) is 23.7. The number of hydrogen-bond acceptors (Lipinski definition) is 3. The fraction of sp³-hybridized carbons (Fsp3) is 0.400. The normalized spacial score (nSPS) is 21.9. The van der Waals surface area contributed by atoms with Crippen molar-refractivity contribution in [3.63, 3.8) is 0 Å². The lowest BCUT2D eigenvalue weighted by Gasteiger charge is -2.29. The number of hydrogen-bond donors (Lipinski definition) is 1. The van der Waals surface area contributed by atoms with Gasteiger partial charge in [0.2, 0.25) is 11.4 Å². The van der Waals surface area contributed by atoms with E-state index in [1.165, 1.54) is 0 Å². The van der Waals surface area contributed by atoms with E-state index < -0.39 is 11.2 Å². The largest absolute Gasteiger partial charge is 0.622 e. The van der Waals surface area contributed by atoms with Crippen LogP contribution in [0.2, 0.25) is 0 Å². The van der Waals surface area contributed by atoms with Gasteiger partial charge in [-0.2, -0.15) is 4.74 Å². The Hall–Kier alpha value is -0.920. The molecule has 0 bridgehead atoms. The minimum atomic E-state index is -0.964. The first kappa shape index (κ1) is 15.5. The van der Waals surface area contributed by atoms with Gasteiger partial charge in [-0.05, 0) is 60.2 Å². The molecule has 0 saturated heterocycles. The van der Waals surface area contributed by atoms with Gasteiger partial charge in [-0.1, -0.05) is 12.1 Å². The maximum absolute atomic E-state index is 12.4. The summed E-state index contributed by atoms with van der Waals surface area (Å²) in [7, 11) is 0. The molecule has 0 saturated carbocycles. The molecule has 0 atom stereocenters. The molecule has 1 aromatic rings. The average molecular weight is 386 g/mol. The molecule has 20 heavy (non-hydrogen) atoms. The van der Waals surface area contributed by atoms with Gasteiger partial charge >= 0.3 is 0 Å². The lowest BCUT2D eigenvalue weighted by Crippen LogP contribution is -2.51. The van der Waals surface area contributed by atoms with Gasteiger partial charge < -0.3 is 10.4 Å². The van der Waals surface area contributed by atoms with E-state index in [1.807, 2.05) is 44.2 Å². The van der Waals surface area contributed by atoms with Gasteiger partial charge in [0.05, 0.1) is 0 Å². The first-order chi connectivity index (χ1) is 9.17. The Morgan fingerprint density at radius 2 is 1.90 bits per heavy atom. The van der Waals surface area contributed by atoms with Crippen LogP contribution in [0.5, 0.6) is 0 Å². The highest BCUT2D eigenvalue weighted by Gasteiger charge is 2.55. The van der Waals surface area contributed by atoms with Crippen molar-refractivity contribution in [2.24, 2.45) is 0 Å². The summed E-state index contributed by atoms with van der Waals surface area (Å²) in [5.41, 5.74) is -0.107. The zero-order valence-electron chi connectivity index (χ0n) is 12.1.